The summed E-state index contributed by atoms with van der Waals surface area (Å²) in [6.07, 6.45) is 0.349. The fourth-order valence-electron chi connectivity index (χ4n) is 2.61. The number of carbonyl (C=O) groups is 2. The summed E-state index contributed by atoms with van der Waals surface area (Å²) in [5.41, 5.74) is 11.5. The number of nitrogens with two attached hydrogens (primary N) is 2. The fraction of sp³-hybridized carbons (Fsp3) is 0.211. The minimum absolute atomic E-state index is 0.0440. The van der Waals surface area contributed by atoms with Crippen LogP contribution < -0.4 is 22.1 Å². The van der Waals surface area contributed by atoms with E-state index in [1.54, 1.807) is 6.92 Å². The van der Waals surface area contributed by atoms with Crippen molar-refractivity contribution in [2.45, 2.75) is 25.8 Å². The predicted octanol–water partition coefficient (Wildman–Crippen LogP) is 1.98. The lowest BCUT2D eigenvalue weighted by Gasteiger charge is -2.27. The highest BCUT2D eigenvalue weighted by atomic mass is 32.1. The number of aryl methyl sites for hydroxylation is 1. The van der Waals surface area contributed by atoms with Crippen molar-refractivity contribution in [3.05, 3.63) is 57.9 Å². The van der Waals surface area contributed by atoms with E-state index >= 15 is 0 Å². The van der Waals surface area contributed by atoms with Gasteiger partial charge >= 0.3 is 0 Å². The minimum Gasteiger partial charge on any atom is -0.368 e. The molecule has 1 unspecified atom stereocenters. The Bertz CT molecular complexity index is 1020. The van der Waals surface area contributed by atoms with Crippen LogP contribution in [-0.2, 0) is 11.2 Å². The molecule has 2 aromatic heterocycles. The zero-order valence-corrected chi connectivity index (χ0v) is 16.8. The van der Waals surface area contributed by atoms with Gasteiger partial charge in [0.2, 0.25) is 11.9 Å². The van der Waals surface area contributed by atoms with Crippen LogP contribution in [0.2, 0.25) is 0 Å². The summed E-state index contributed by atoms with van der Waals surface area (Å²) in [5.74, 6) is -1.17. The average molecular weight is 411 g/mol. The molecule has 1 atom stereocenters. The molecule has 6 N–H and O–H groups in total. The summed E-state index contributed by atoms with van der Waals surface area (Å²) >= 11 is 1.51. The molecule has 3 aromatic rings. The van der Waals surface area contributed by atoms with Crippen LogP contribution in [0.4, 0.5) is 17.5 Å². The van der Waals surface area contributed by atoms with E-state index in [-0.39, 0.29) is 17.5 Å². The Hall–Kier alpha value is -3.53. The van der Waals surface area contributed by atoms with Gasteiger partial charge in [0.05, 0.1) is 0 Å². The van der Waals surface area contributed by atoms with Crippen LogP contribution in [0, 0.1) is 6.92 Å². The van der Waals surface area contributed by atoms with Crippen LogP contribution in [-0.4, -0.2) is 32.5 Å². The third-order valence-corrected chi connectivity index (χ3v) is 5.15. The molecule has 0 radical (unpaired) electrons. The molecule has 9 nitrogen and oxygen atoms in total. The Morgan fingerprint density at radius 1 is 1.14 bits per heavy atom. The lowest BCUT2D eigenvalue weighted by atomic mass is 9.96. The Kier molecular flexibility index (Phi) is 5.74. The molecule has 0 saturated heterocycles. The summed E-state index contributed by atoms with van der Waals surface area (Å²) in [6, 6.07) is 11.3. The number of rotatable bonds is 8. The van der Waals surface area contributed by atoms with Crippen LogP contribution in [0.15, 0.2) is 41.8 Å². The highest BCUT2D eigenvalue weighted by Crippen LogP contribution is 2.23. The van der Waals surface area contributed by atoms with Gasteiger partial charge in [0.25, 0.3) is 5.91 Å². The minimum atomic E-state index is -1.15. The molecule has 0 aliphatic rings. The maximum absolute atomic E-state index is 12.1. The van der Waals surface area contributed by atoms with Crippen LogP contribution in [0.5, 0.6) is 0 Å². The van der Waals surface area contributed by atoms with Gasteiger partial charge in [-0.05, 0) is 37.4 Å². The summed E-state index contributed by atoms with van der Waals surface area (Å²) < 4.78 is 0. The Morgan fingerprint density at radius 3 is 2.45 bits per heavy atom. The molecule has 10 heteroatoms. The average Bonchev–Trinajstić information content (AvgIpc) is 3.16. The predicted molar refractivity (Wildman–Crippen MR) is 112 cm³/mol. The maximum Gasteiger partial charge on any atom is 0.273 e. The van der Waals surface area contributed by atoms with E-state index in [1.807, 2.05) is 48.7 Å². The second-order valence-corrected chi connectivity index (χ2v) is 7.80. The van der Waals surface area contributed by atoms with Crippen molar-refractivity contribution in [1.29, 1.82) is 0 Å². The lowest BCUT2D eigenvalue weighted by molar-refractivity contribution is -0.121. The first-order valence-electron chi connectivity index (χ1n) is 8.75. The standard InChI is InChI=1S/C19H21N7O2S/c1-11-5-7-12(8-6-11)22-16-14(15(20)27)25-26-18(23-16)24-19(2,17(21)28)10-13-4-3-9-29-13/h3-9H,10H2,1-2H3,(H2,20,27)(H2,21,28)(H2,22,23,24,26). The summed E-state index contributed by atoms with van der Waals surface area (Å²) in [7, 11) is 0. The van der Waals surface area contributed by atoms with E-state index in [0.29, 0.717) is 12.1 Å². The Balaban J connectivity index is 1.91. The number of carbonyl (C=O) groups excluding carboxylic acids is 2. The molecular weight excluding hydrogens is 390 g/mol. The Labute approximate surface area is 171 Å². The molecule has 2 heterocycles. The fourth-order valence-corrected chi connectivity index (χ4v) is 3.47. The quantitative estimate of drug-likeness (QED) is 0.443. The summed E-state index contributed by atoms with van der Waals surface area (Å²) in [6.45, 7) is 3.62. The van der Waals surface area contributed by atoms with E-state index < -0.39 is 17.4 Å². The summed E-state index contributed by atoms with van der Waals surface area (Å²) in [4.78, 5) is 29.1. The van der Waals surface area contributed by atoms with Crippen molar-refractivity contribution in [2.24, 2.45) is 11.5 Å². The monoisotopic (exact) mass is 411 g/mol. The van der Waals surface area contributed by atoms with Gasteiger partial charge in [-0.1, -0.05) is 23.8 Å². The molecule has 0 fully saturated rings. The molecule has 0 aliphatic heterocycles. The van der Waals surface area contributed by atoms with E-state index in [2.05, 4.69) is 25.8 Å². The third kappa shape index (κ3) is 4.85. The largest absolute Gasteiger partial charge is 0.368 e. The lowest BCUT2D eigenvalue weighted by Crippen LogP contribution is -2.50. The van der Waals surface area contributed by atoms with Crippen LogP contribution in [0.25, 0.3) is 0 Å². The number of amides is 2. The first-order chi connectivity index (χ1) is 13.8. The van der Waals surface area contributed by atoms with Crippen LogP contribution in [0.3, 0.4) is 0 Å². The van der Waals surface area contributed by atoms with Crippen molar-refractivity contribution in [3.63, 3.8) is 0 Å². The zero-order chi connectivity index (χ0) is 21.0. The van der Waals surface area contributed by atoms with Crippen molar-refractivity contribution in [3.8, 4) is 0 Å². The first-order valence-corrected chi connectivity index (χ1v) is 9.63. The topological polar surface area (TPSA) is 149 Å². The number of hydrogen-bond acceptors (Lipinski definition) is 8. The van der Waals surface area contributed by atoms with Crippen molar-refractivity contribution < 1.29 is 9.59 Å². The van der Waals surface area contributed by atoms with E-state index in [1.165, 1.54) is 11.3 Å². The molecule has 1 aromatic carbocycles. The number of hydrogen-bond donors (Lipinski definition) is 4. The SMILES string of the molecule is Cc1ccc(Nc2nc(NC(C)(Cc3cccs3)C(N)=O)nnc2C(N)=O)cc1. The molecule has 0 spiro atoms. The molecule has 150 valence electrons. The molecule has 3 rings (SSSR count). The second kappa shape index (κ2) is 8.23. The van der Waals surface area contributed by atoms with Crippen molar-refractivity contribution in [2.75, 3.05) is 10.6 Å². The number of nitrogens with zero attached hydrogens (tertiary/aromatic N) is 3. The van der Waals surface area contributed by atoms with Crippen LogP contribution in [0.1, 0.15) is 27.9 Å². The molecule has 0 saturated carbocycles. The third-order valence-electron chi connectivity index (χ3n) is 4.27. The number of benzene rings is 1. The molecule has 0 bridgehead atoms. The van der Waals surface area contributed by atoms with Gasteiger partial charge in [-0.3, -0.25) is 9.59 Å². The number of anilines is 3. The molecule has 2 amide bonds. The molecule has 0 aliphatic carbocycles. The highest BCUT2D eigenvalue weighted by Gasteiger charge is 2.33. The Morgan fingerprint density at radius 2 is 1.86 bits per heavy atom. The maximum atomic E-state index is 12.1. The van der Waals surface area contributed by atoms with E-state index in [0.717, 1.165) is 10.4 Å². The van der Waals surface area contributed by atoms with Crippen molar-refractivity contribution in [1.82, 2.24) is 15.2 Å². The van der Waals surface area contributed by atoms with Gasteiger partial charge in [0, 0.05) is 17.0 Å². The number of aromatic nitrogens is 3. The number of nitrogens with one attached hydrogen (secondary N) is 2. The summed E-state index contributed by atoms with van der Waals surface area (Å²) in [5, 5.41) is 15.6. The molecule has 29 heavy (non-hydrogen) atoms. The first kappa shape index (κ1) is 20.2. The van der Waals surface area contributed by atoms with E-state index in [4.69, 9.17) is 11.5 Å². The number of primary amides is 2. The van der Waals surface area contributed by atoms with E-state index in [9.17, 15) is 9.59 Å². The normalized spacial score (nSPS) is 12.8. The van der Waals surface area contributed by atoms with Gasteiger partial charge in [-0.25, -0.2) is 0 Å². The smallest absolute Gasteiger partial charge is 0.273 e. The highest BCUT2D eigenvalue weighted by molar-refractivity contribution is 7.09. The van der Waals surface area contributed by atoms with Gasteiger partial charge in [0.15, 0.2) is 11.5 Å². The van der Waals surface area contributed by atoms with Crippen LogP contribution >= 0.6 is 11.3 Å². The van der Waals surface area contributed by atoms with Gasteiger partial charge < -0.3 is 22.1 Å². The molecular formula is C19H21N7O2S. The zero-order valence-electron chi connectivity index (χ0n) is 16.0. The second-order valence-electron chi connectivity index (χ2n) is 6.77. The van der Waals surface area contributed by atoms with Gasteiger partial charge in [-0.2, -0.15) is 4.98 Å². The van der Waals surface area contributed by atoms with Gasteiger partial charge in [0.1, 0.15) is 5.54 Å². The number of thiophene rings is 1. The van der Waals surface area contributed by atoms with Gasteiger partial charge in [-0.15, -0.1) is 21.5 Å². The van der Waals surface area contributed by atoms with Crippen molar-refractivity contribution >= 4 is 40.6 Å².